The number of halogens is 1. The lowest BCUT2D eigenvalue weighted by molar-refractivity contribution is 0.589. The summed E-state index contributed by atoms with van der Waals surface area (Å²) < 4.78 is 26.6. The van der Waals surface area contributed by atoms with E-state index in [-0.39, 0.29) is 4.90 Å². The van der Waals surface area contributed by atoms with Gasteiger partial charge in [0.2, 0.25) is 0 Å². The van der Waals surface area contributed by atoms with Crippen molar-refractivity contribution >= 4 is 32.5 Å². The van der Waals surface area contributed by atoms with Crippen molar-refractivity contribution in [3.8, 4) is 0 Å². The van der Waals surface area contributed by atoms with Gasteiger partial charge in [-0.3, -0.25) is 0 Å². The summed E-state index contributed by atoms with van der Waals surface area (Å²) in [4.78, 5) is 0.272. The number of rotatable bonds is 3. The highest BCUT2D eigenvalue weighted by molar-refractivity contribution is 7.90. The lowest BCUT2D eigenvalue weighted by atomic mass is 10.1. The Bertz CT molecular complexity index is 854. The highest BCUT2D eigenvalue weighted by Crippen LogP contribution is 2.25. The second-order valence-electron chi connectivity index (χ2n) is 4.41. The number of nitrogens with zero attached hydrogens (tertiary/aromatic N) is 1. The summed E-state index contributed by atoms with van der Waals surface area (Å²) in [7, 11) is -3.57. The van der Waals surface area contributed by atoms with Gasteiger partial charge in [-0.25, -0.2) is 12.4 Å². The van der Waals surface area contributed by atoms with Gasteiger partial charge in [-0.2, -0.15) is 0 Å². The molecule has 0 aliphatic heterocycles. The average molecular weight is 306 g/mol. The number of benzene rings is 2. The summed E-state index contributed by atoms with van der Waals surface area (Å²) in [5, 5.41) is 0.863. The molecule has 0 atom stereocenters. The van der Waals surface area contributed by atoms with E-state index in [1.165, 1.54) is 3.97 Å². The molecule has 0 aliphatic carbocycles. The number of aromatic nitrogens is 1. The van der Waals surface area contributed by atoms with Crippen molar-refractivity contribution in [2.75, 3.05) is 0 Å². The third-order valence-electron chi connectivity index (χ3n) is 3.23. The fourth-order valence-corrected chi connectivity index (χ4v) is 3.84. The van der Waals surface area contributed by atoms with Crippen LogP contribution in [0, 0.1) is 0 Å². The maximum Gasteiger partial charge on any atom is 0.268 e. The topological polar surface area (TPSA) is 39.1 Å². The van der Waals surface area contributed by atoms with Crippen LogP contribution in [-0.2, 0) is 15.9 Å². The van der Waals surface area contributed by atoms with Crippen LogP contribution >= 0.6 is 11.6 Å². The highest BCUT2D eigenvalue weighted by atomic mass is 35.5. The van der Waals surface area contributed by atoms with Crippen LogP contribution < -0.4 is 0 Å². The van der Waals surface area contributed by atoms with Crippen LogP contribution in [0.15, 0.2) is 65.7 Å². The van der Waals surface area contributed by atoms with Gasteiger partial charge in [-0.05, 0) is 29.8 Å². The first-order valence-corrected chi connectivity index (χ1v) is 8.07. The Balaban J connectivity index is 2.26. The Morgan fingerprint density at radius 3 is 2.40 bits per heavy atom. The van der Waals surface area contributed by atoms with E-state index in [2.05, 4.69) is 0 Å². The molecule has 1 heterocycles. The summed E-state index contributed by atoms with van der Waals surface area (Å²) in [6.45, 7) is 0. The van der Waals surface area contributed by atoms with Gasteiger partial charge in [0, 0.05) is 17.5 Å². The molecule has 2 aromatic carbocycles. The summed E-state index contributed by atoms with van der Waals surface area (Å²) >= 11 is 5.89. The first kappa shape index (κ1) is 13.2. The molecule has 3 nitrogen and oxygen atoms in total. The molecule has 3 aromatic rings. The van der Waals surface area contributed by atoms with Crippen LogP contribution in [-0.4, -0.2) is 12.4 Å². The maximum absolute atomic E-state index is 12.6. The molecule has 0 bridgehead atoms. The zero-order chi connectivity index (χ0) is 14.2. The van der Waals surface area contributed by atoms with Gasteiger partial charge in [-0.1, -0.05) is 30.3 Å². The fraction of sp³-hybridized carbons (Fsp3) is 0.0667. The van der Waals surface area contributed by atoms with Gasteiger partial charge >= 0.3 is 0 Å². The van der Waals surface area contributed by atoms with Gasteiger partial charge in [0.15, 0.2) is 0 Å². The van der Waals surface area contributed by atoms with Crippen molar-refractivity contribution in [2.45, 2.75) is 10.8 Å². The van der Waals surface area contributed by atoms with Crippen molar-refractivity contribution < 1.29 is 8.42 Å². The first-order valence-electron chi connectivity index (χ1n) is 6.10. The molecule has 0 saturated carbocycles. The predicted molar refractivity (Wildman–Crippen MR) is 80.5 cm³/mol. The SMILES string of the molecule is O=S(=O)(c1ccccc1)n1ccc2c(CCl)cccc21. The van der Waals surface area contributed by atoms with E-state index >= 15 is 0 Å². The minimum atomic E-state index is -3.57. The van der Waals surface area contributed by atoms with Crippen molar-refractivity contribution in [2.24, 2.45) is 0 Å². The van der Waals surface area contributed by atoms with Crippen LogP contribution in [0.5, 0.6) is 0 Å². The Labute approximate surface area is 122 Å². The van der Waals surface area contributed by atoms with E-state index in [1.807, 2.05) is 12.1 Å². The molecule has 102 valence electrons. The van der Waals surface area contributed by atoms with Gasteiger partial charge < -0.3 is 0 Å². The first-order chi connectivity index (χ1) is 9.64. The molecule has 0 N–H and O–H groups in total. The van der Waals surface area contributed by atoms with Crippen LogP contribution in [0.1, 0.15) is 5.56 Å². The van der Waals surface area contributed by atoms with E-state index in [0.717, 1.165) is 10.9 Å². The van der Waals surface area contributed by atoms with Gasteiger partial charge in [0.1, 0.15) is 0 Å². The van der Waals surface area contributed by atoms with Crippen molar-refractivity contribution in [1.82, 2.24) is 3.97 Å². The summed E-state index contributed by atoms with van der Waals surface area (Å²) in [5.41, 5.74) is 1.57. The van der Waals surface area contributed by atoms with E-state index < -0.39 is 10.0 Å². The second kappa shape index (κ2) is 4.96. The number of hydrogen-bond acceptors (Lipinski definition) is 2. The van der Waals surface area contributed by atoms with Crippen LogP contribution in [0.4, 0.5) is 0 Å². The molecule has 0 unspecified atom stereocenters. The smallest absolute Gasteiger partial charge is 0.241 e. The number of fused-ring (bicyclic) bond motifs is 1. The van der Waals surface area contributed by atoms with Crippen molar-refractivity contribution in [3.63, 3.8) is 0 Å². The molecule has 5 heteroatoms. The normalized spacial score (nSPS) is 11.8. The maximum atomic E-state index is 12.6. The lowest BCUT2D eigenvalue weighted by Crippen LogP contribution is -2.11. The molecule has 3 rings (SSSR count). The fourth-order valence-electron chi connectivity index (χ4n) is 2.24. The third-order valence-corrected chi connectivity index (χ3v) is 5.22. The highest BCUT2D eigenvalue weighted by Gasteiger charge is 2.18. The quantitative estimate of drug-likeness (QED) is 0.693. The summed E-state index contributed by atoms with van der Waals surface area (Å²) in [6, 6.07) is 15.7. The molecule has 0 fully saturated rings. The molecular formula is C15H12ClNO2S. The summed E-state index contributed by atoms with van der Waals surface area (Å²) in [6.07, 6.45) is 1.57. The zero-order valence-corrected chi connectivity index (χ0v) is 12.1. The van der Waals surface area contributed by atoms with E-state index in [9.17, 15) is 8.42 Å². The molecule has 0 amide bonds. The monoisotopic (exact) mass is 305 g/mol. The van der Waals surface area contributed by atoms with Crippen LogP contribution in [0.3, 0.4) is 0 Å². The molecule has 0 spiro atoms. The van der Waals surface area contributed by atoms with Crippen LogP contribution in [0.25, 0.3) is 10.9 Å². The minimum absolute atomic E-state index is 0.272. The van der Waals surface area contributed by atoms with Crippen molar-refractivity contribution in [1.29, 1.82) is 0 Å². The Morgan fingerprint density at radius 2 is 1.70 bits per heavy atom. The van der Waals surface area contributed by atoms with Crippen molar-refractivity contribution in [3.05, 3.63) is 66.4 Å². The molecular weight excluding hydrogens is 294 g/mol. The van der Waals surface area contributed by atoms with Crippen LogP contribution in [0.2, 0.25) is 0 Å². The van der Waals surface area contributed by atoms with Gasteiger partial charge in [0.25, 0.3) is 10.0 Å². The standard InChI is InChI=1S/C15H12ClNO2S/c16-11-12-5-4-8-15-14(12)9-10-17(15)20(18,19)13-6-2-1-3-7-13/h1-10H,11H2. The molecule has 0 radical (unpaired) electrons. The van der Waals surface area contributed by atoms with E-state index in [4.69, 9.17) is 11.6 Å². The molecule has 1 aromatic heterocycles. The Hall–Kier alpha value is -1.78. The average Bonchev–Trinajstić information content (AvgIpc) is 2.92. The molecule has 0 saturated heterocycles. The van der Waals surface area contributed by atoms with E-state index in [1.54, 1.807) is 48.7 Å². The molecule has 0 aliphatic rings. The third kappa shape index (κ3) is 2.01. The summed E-state index contributed by atoms with van der Waals surface area (Å²) in [5.74, 6) is 0.354. The minimum Gasteiger partial charge on any atom is -0.241 e. The largest absolute Gasteiger partial charge is 0.268 e. The lowest BCUT2D eigenvalue weighted by Gasteiger charge is -2.08. The Kier molecular flexibility index (Phi) is 3.28. The van der Waals surface area contributed by atoms with E-state index in [0.29, 0.717) is 11.4 Å². The number of alkyl halides is 1. The molecule has 20 heavy (non-hydrogen) atoms. The predicted octanol–water partition coefficient (Wildman–Crippen LogP) is 3.62. The zero-order valence-electron chi connectivity index (χ0n) is 10.5. The second-order valence-corrected chi connectivity index (χ2v) is 6.50. The Morgan fingerprint density at radius 1 is 0.950 bits per heavy atom. The van der Waals surface area contributed by atoms with Gasteiger partial charge in [-0.15, -0.1) is 11.6 Å². The van der Waals surface area contributed by atoms with Gasteiger partial charge in [0.05, 0.1) is 10.4 Å². The number of hydrogen-bond donors (Lipinski definition) is 0.